The third kappa shape index (κ3) is 3.11. The molecule has 3 rings (SSSR count). The Morgan fingerprint density at radius 3 is 2.64 bits per heavy atom. The van der Waals surface area contributed by atoms with Gasteiger partial charge in [0.15, 0.2) is 0 Å². The number of anilines is 1. The molecule has 1 aliphatic carbocycles. The van der Waals surface area contributed by atoms with Crippen LogP contribution in [0.3, 0.4) is 0 Å². The Kier molecular flexibility index (Phi) is 4.06. The number of H-pyrrole nitrogens is 1. The van der Waals surface area contributed by atoms with E-state index in [0.29, 0.717) is 24.6 Å². The van der Waals surface area contributed by atoms with Crippen LogP contribution in [0, 0.1) is 6.92 Å². The first-order valence-corrected chi connectivity index (χ1v) is 7.67. The van der Waals surface area contributed by atoms with Crippen molar-refractivity contribution in [3.8, 4) is 0 Å². The summed E-state index contributed by atoms with van der Waals surface area (Å²) >= 11 is 0. The second kappa shape index (κ2) is 5.94. The van der Waals surface area contributed by atoms with E-state index in [1.807, 2.05) is 19.1 Å². The quantitative estimate of drug-likeness (QED) is 0.727. The van der Waals surface area contributed by atoms with Gasteiger partial charge < -0.3 is 16.0 Å². The number of nitrogens with one attached hydrogen (secondary N) is 2. The standard InChI is InChI=1S/C17H16F3N3O2/c1-8-2-3-9-10(14(8)21)4-6-12(9)22-15(24)11-5-7-13(17(18,19)20)23-16(11)25/h2-3,5,7,12H,4,6,21H2,1H3,(H,22,24)(H,23,25). The molecule has 4 N–H and O–H groups in total. The van der Waals surface area contributed by atoms with Crippen LogP contribution in [-0.4, -0.2) is 10.9 Å². The lowest BCUT2D eigenvalue weighted by molar-refractivity contribution is -0.141. The van der Waals surface area contributed by atoms with E-state index < -0.39 is 23.3 Å². The first-order valence-electron chi connectivity index (χ1n) is 7.67. The molecular formula is C17H16F3N3O2. The highest BCUT2D eigenvalue weighted by molar-refractivity contribution is 5.94. The third-order valence-electron chi connectivity index (χ3n) is 4.43. The van der Waals surface area contributed by atoms with Crippen molar-refractivity contribution in [2.24, 2.45) is 0 Å². The van der Waals surface area contributed by atoms with Crippen LogP contribution in [0.5, 0.6) is 0 Å². The molecule has 1 aromatic heterocycles. The Balaban J connectivity index is 1.84. The van der Waals surface area contributed by atoms with E-state index in [1.165, 1.54) is 0 Å². The smallest absolute Gasteiger partial charge is 0.398 e. The maximum atomic E-state index is 12.6. The maximum absolute atomic E-state index is 12.6. The molecule has 1 aliphatic rings. The molecule has 0 aliphatic heterocycles. The third-order valence-corrected chi connectivity index (χ3v) is 4.43. The number of halogens is 3. The number of amides is 1. The summed E-state index contributed by atoms with van der Waals surface area (Å²) in [4.78, 5) is 25.8. The van der Waals surface area contributed by atoms with Crippen molar-refractivity contribution in [1.29, 1.82) is 0 Å². The summed E-state index contributed by atoms with van der Waals surface area (Å²) < 4.78 is 37.7. The predicted octanol–water partition coefficient (Wildman–Crippen LogP) is 2.70. The lowest BCUT2D eigenvalue weighted by Crippen LogP contribution is -2.32. The molecular weight excluding hydrogens is 335 g/mol. The zero-order chi connectivity index (χ0) is 18.4. The summed E-state index contributed by atoms with van der Waals surface area (Å²) in [6.45, 7) is 1.89. The van der Waals surface area contributed by atoms with E-state index in [-0.39, 0.29) is 11.6 Å². The van der Waals surface area contributed by atoms with Gasteiger partial charge in [0, 0.05) is 5.69 Å². The fourth-order valence-corrected chi connectivity index (χ4v) is 3.05. The van der Waals surface area contributed by atoms with Crippen molar-refractivity contribution in [1.82, 2.24) is 10.3 Å². The van der Waals surface area contributed by atoms with Crippen LogP contribution in [0.25, 0.3) is 0 Å². The zero-order valence-electron chi connectivity index (χ0n) is 13.3. The fraction of sp³-hybridized carbons (Fsp3) is 0.294. The number of carbonyl (C=O) groups excluding carboxylic acids is 1. The minimum Gasteiger partial charge on any atom is -0.398 e. The Morgan fingerprint density at radius 1 is 1.28 bits per heavy atom. The van der Waals surface area contributed by atoms with Crippen LogP contribution in [0.4, 0.5) is 18.9 Å². The summed E-state index contributed by atoms with van der Waals surface area (Å²) in [6.07, 6.45) is -3.36. The first kappa shape index (κ1) is 17.1. The molecule has 0 fully saturated rings. The van der Waals surface area contributed by atoms with Crippen molar-refractivity contribution in [3.63, 3.8) is 0 Å². The monoisotopic (exact) mass is 351 g/mol. The number of hydrogen-bond acceptors (Lipinski definition) is 3. The topological polar surface area (TPSA) is 88.0 Å². The number of nitrogen functional groups attached to an aromatic ring is 1. The molecule has 8 heteroatoms. The Labute approximate surface area is 141 Å². The SMILES string of the molecule is Cc1ccc2c(c1N)CCC2NC(=O)c1ccc(C(F)(F)F)[nH]c1=O. The van der Waals surface area contributed by atoms with E-state index >= 15 is 0 Å². The second-order valence-corrected chi connectivity index (χ2v) is 6.04. The molecule has 132 valence electrons. The van der Waals surface area contributed by atoms with Gasteiger partial charge in [0.25, 0.3) is 11.5 Å². The Morgan fingerprint density at radius 2 is 2.00 bits per heavy atom. The maximum Gasteiger partial charge on any atom is 0.431 e. The number of alkyl halides is 3. The Bertz CT molecular complexity index is 903. The summed E-state index contributed by atoms with van der Waals surface area (Å²) in [5.41, 5.74) is 6.89. The number of fused-ring (bicyclic) bond motifs is 1. The minimum absolute atomic E-state index is 0.327. The molecule has 1 unspecified atom stereocenters. The molecule has 0 radical (unpaired) electrons. The summed E-state index contributed by atoms with van der Waals surface area (Å²) in [7, 11) is 0. The molecule has 0 spiro atoms. The van der Waals surface area contributed by atoms with Gasteiger partial charge in [-0.05, 0) is 48.6 Å². The van der Waals surface area contributed by atoms with E-state index in [4.69, 9.17) is 5.73 Å². The van der Waals surface area contributed by atoms with E-state index in [0.717, 1.165) is 22.8 Å². The van der Waals surface area contributed by atoms with Crippen LogP contribution in [0.1, 0.15) is 45.2 Å². The minimum atomic E-state index is -4.67. The van der Waals surface area contributed by atoms with Crippen LogP contribution in [0.2, 0.25) is 0 Å². The highest BCUT2D eigenvalue weighted by Crippen LogP contribution is 2.36. The number of carbonyl (C=O) groups is 1. The van der Waals surface area contributed by atoms with Crippen molar-refractivity contribution >= 4 is 11.6 Å². The predicted molar refractivity (Wildman–Crippen MR) is 86.2 cm³/mol. The Hall–Kier alpha value is -2.77. The van der Waals surface area contributed by atoms with Gasteiger partial charge in [0.1, 0.15) is 11.3 Å². The van der Waals surface area contributed by atoms with E-state index in [9.17, 15) is 22.8 Å². The number of aromatic nitrogens is 1. The zero-order valence-corrected chi connectivity index (χ0v) is 13.3. The lowest BCUT2D eigenvalue weighted by Gasteiger charge is -2.15. The average molecular weight is 351 g/mol. The number of aromatic amines is 1. The van der Waals surface area contributed by atoms with E-state index in [2.05, 4.69) is 5.32 Å². The van der Waals surface area contributed by atoms with Crippen molar-refractivity contribution in [2.75, 3.05) is 5.73 Å². The highest BCUT2D eigenvalue weighted by Gasteiger charge is 2.33. The first-order chi connectivity index (χ1) is 11.7. The summed E-state index contributed by atoms with van der Waals surface area (Å²) in [6, 6.07) is 4.96. The van der Waals surface area contributed by atoms with E-state index in [1.54, 1.807) is 4.98 Å². The molecule has 5 nitrogen and oxygen atoms in total. The van der Waals surface area contributed by atoms with Gasteiger partial charge in [-0.3, -0.25) is 9.59 Å². The van der Waals surface area contributed by atoms with Crippen LogP contribution >= 0.6 is 0 Å². The highest BCUT2D eigenvalue weighted by atomic mass is 19.4. The summed E-state index contributed by atoms with van der Waals surface area (Å²) in [5, 5.41) is 2.70. The molecule has 1 aromatic carbocycles. The lowest BCUT2D eigenvalue weighted by atomic mass is 10.0. The molecule has 0 saturated carbocycles. The van der Waals surface area contributed by atoms with Gasteiger partial charge in [-0.15, -0.1) is 0 Å². The molecule has 1 amide bonds. The molecule has 0 saturated heterocycles. The second-order valence-electron chi connectivity index (χ2n) is 6.04. The van der Waals surface area contributed by atoms with Crippen LogP contribution in [0.15, 0.2) is 29.1 Å². The van der Waals surface area contributed by atoms with Crippen molar-refractivity contribution in [2.45, 2.75) is 32.0 Å². The van der Waals surface area contributed by atoms with Crippen LogP contribution < -0.4 is 16.6 Å². The fourth-order valence-electron chi connectivity index (χ4n) is 3.05. The van der Waals surface area contributed by atoms with Crippen molar-refractivity contribution in [3.05, 3.63) is 62.6 Å². The normalized spacial score (nSPS) is 16.6. The van der Waals surface area contributed by atoms with Gasteiger partial charge in [-0.1, -0.05) is 12.1 Å². The number of pyridine rings is 1. The van der Waals surface area contributed by atoms with Gasteiger partial charge >= 0.3 is 6.18 Å². The summed E-state index contributed by atoms with van der Waals surface area (Å²) in [5.74, 6) is -0.716. The van der Waals surface area contributed by atoms with Gasteiger partial charge in [-0.25, -0.2) is 0 Å². The molecule has 1 heterocycles. The number of aryl methyl sites for hydroxylation is 1. The largest absolute Gasteiger partial charge is 0.431 e. The number of nitrogens with two attached hydrogens (primary N) is 1. The number of rotatable bonds is 2. The van der Waals surface area contributed by atoms with Crippen LogP contribution in [-0.2, 0) is 12.6 Å². The van der Waals surface area contributed by atoms with Gasteiger partial charge in [0.2, 0.25) is 0 Å². The van der Waals surface area contributed by atoms with Gasteiger partial charge in [0.05, 0.1) is 6.04 Å². The molecule has 1 atom stereocenters. The van der Waals surface area contributed by atoms with Crippen molar-refractivity contribution < 1.29 is 18.0 Å². The number of benzene rings is 1. The molecule has 25 heavy (non-hydrogen) atoms. The number of hydrogen-bond donors (Lipinski definition) is 3. The molecule has 0 bridgehead atoms. The average Bonchev–Trinajstić information content (AvgIpc) is 2.93. The molecule has 2 aromatic rings. The van der Waals surface area contributed by atoms with Gasteiger partial charge in [-0.2, -0.15) is 13.2 Å².